The Morgan fingerprint density at radius 3 is 2.11 bits per heavy atom. The van der Waals surface area contributed by atoms with E-state index in [4.69, 9.17) is 21.0 Å². The molecule has 0 amide bonds. The molecule has 0 bridgehead atoms. The summed E-state index contributed by atoms with van der Waals surface area (Å²) in [5.41, 5.74) is 14.3. The van der Waals surface area contributed by atoms with Crippen molar-refractivity contribution in [2.75, 3.05) is 0 Å². The van der Waals surface area contributed by atoms with Crippen LogP contribution in [0.2, 0.25) is 5.28 Å². The van der Waals surface area contributed by atoms with Crippen molar-refractivity contribution in [3.8, 4) is 45.0 Å². The van der Waals surface area contributed by atoms with Gasteiger partial charge < -0.3 is 9.40 Å². The van der Waals surface area contributed by atoms with Gasteiger partial charge in [-0.15, -0.1) is 0 Å². The topological polar surface area (TPSA) is 67.6 Å². The number of nitrogens with one attached hydrogen (secondary N) is 1. The smallest absolute Gasteiger partial charge is 0.226 e. The van der Waals surface area contributed by atoms with Crippen molar-refractivity contribution < 1.29 is 4.42 Å². The summed E-state index contributed by atoms with van der Waals surface area (Å²) in [7, 11) is 0. The highest BCUT2D eigenvalue weighted by Gasteiger charge is 2.40. The van der Waals surface area contributed by atoms with Crippen LogP contribution in [0.25, 0.3) is 110 Å². The van der Waals surface area contributed by atoms with E-state index in [2.05, 4.69) is 167 Å². The third kappa shape index (κ3) is 5.31. The van der Waals surface area contributed by atoms with Crippen LogP contribution in [-0.4, -0.2) is 19.9 Å². The third-order valence-corrected chi connectivity index (χ3v) is 13.4. The maximum absolute atomic E-state index is 6.53. The monoisotopic (exact) mass is 814 g/mol. The molecule has 0 fully saturated rings. The average Bonchev–Trinajstić information content (AvgIpc) is 3.96. The fraction of sp³-hybridized carbons (Fsp3) is 0.0536. The summed E-state index contributed by atoms with van der Waals surface area (Å²) in [5, 5.41) is 9.55. The van der Waals surface area contributed by atoms with Crippen LogP contribution in [0.1, 0.15) is 23.6 Å². The zero-order valence-electron chi connectivity index (χ0n) is 33.6. The van der Waals surface area contributed by atoms with Crippen LogP contribution < -0.4 is 0 Å². The van der Waals surface area contributed by atoms with E-state index in [1.165, 1.54) is 66.0 Å². The van der Waals surface area contributed by atoms with Crippen LogP contribution in [-0.2, 0) is 11.8 Å². The molecule has 1 aliphatic carbocycles. The maximum Gasteiger partial charge on any atom is 0.226 e. The molecule has 9 aromatic carbocycles. The van der Waals surface area contributed by atoms with Crippen LogP contribution in [0.4, 0.5) is 0 Å². The zero-order valence-corrected chi connectivity index (χ0v) is 34.3. The van der Waals surface area contributed by atoms with Crippen molar-refractivity contribution in [1.29, 1.82) is 0 Å². The maximum atomic E-state index is 6.53. The van der Waals surface area contributed by atoms with Crippen molar-refractivity contribution in [2.24, 2.45) is 0 Å². The summed E-state index contributed by atoms with van der Waals surface area (Å²) in [6.45, 7) is 2.43. The van der Waals surface area contributed by atoms with Crippen molar-refractivity contribution in [3.05, 3.63) is 198 Å². The number of hydrogen-bond acceptors (Lipinski definition) is 4. The Morgan fingerprint density at radius 1 is 0.500 bits per heavy atom. The van der Waals surface area contributed by atoms with Gasteiger partial charge in [-0.25, -0.2) is 4.98 Å². The second-order valence-electron chi connectivity index (χ2n) is 16.8. The molecule has 0 saturated heterocycles. The molecule has 5 nitrogen and oxygen atoms in total. The van der Waals surface area contributed by atoms with Crippen molar-refractivity contribution in [1.82, 2.24) is 19.9 Å². The molecule has 0 aliphatic heterocycles. The summed E-state index contributed by atoms with van der Waals surface area (Å²) < 4.78 is 6.53. The first-order chi connectivity index (χ1) is 30.4. The number of rotatable bonds is 5. The predicted octanol–water partition coefficient (Wildman–Crippen LogP) is 14.9. The molecule has 3 aromatic heterocycles. The molecule has 3 heterocycles. The molecule has 1 aliphatic rings. The lowest BCUT2D eigenvalue weighted by molar-refractivity contribution is 0.583. The van der Waals surface area contributed by atoms with Gasteiger partial charge in [-0.2, -0.15) is 9.97 Å². The Hall–Kier alpha value is -7.60. The lowest BCUT2D eigenvalue weighted by atomic mass is 9.74. The van der Waals surface area contributed by atoms with E-state index < -0.39 is 0 Å². The number of halogens is 1. The molecule has 6 heteroatoms. The number of nitrogens with zero attached hydrogens (tertiary/aromatic N) is 3. The van der Waals surface area contributed by atoms with Crippen molar-refractivity contribution >= 4 is 76.9 Å². The van der Waals surface area contributed by atoms with E-state index in [0.29, 0.717) is 11.6 Å². The first kappa shape index (κ1) is 35.2. The fourth-order valence-corrected chi connectivity index (χ4v) is 10.4. The van der Waals surface area contributed by atoms with Crippen LogP contribution in [0.3, 0.4) is 0 Å². The second-order valence-corrected chi connectivity index (χ2v) is 17.2. The third-order valence-electron chi connectivity index (χ3n) is 13.2. The van der Waals surface area contributed by atoms with Gasteiger partial charge in [-0.05, 0) is 115 Å². The Balaban J connectivity index is 0.907. The lowest BCUT2D eigenvalue weighted by Gasteiger charge is -2.28. The van der Waals surface area contributed by atoms with Crippen LogP contribution in [0, 0.1) is 0 Å². The van der Waals surface area contributed by atoms with E-state index in [9.17, 15) is 0 Å². The molecule has 62 heavy (non-hydrogen) atoms. The van der Waals surface area contributed by atoms with Crippen LogP contribution in [0.5, 0.6) is 0 Å². The highest BCUT2D eigenvalue weighted by molar-refractivity contribution is 6.28. The Kier molecular flexibility index (Phi) is 7.49. The summed E-state index contributed by atoms with van der Waals surface area (Å²) in [4.78, 5) is 17.7. The van der Waals surface area contributed by atoms with E-state index >= 15 is 0 Å². The normalized spacial score (nSPS) is 14.7. The van der Waals surface area contributed by atoms with Gasteiger partial charge in [0.1, 0.15) is 11.2 Å². The number of H-pyrrole nitrogens is 1. The summed E-state index contributed by atoms with van der Waals surface area (Å²) in [5.74, 6) is 1.02. The summed E-state index contributed by atoms with van der Waals surface area (Å²) in [6, 6.07) is 63.0. The minimum absolute atomic E-state index is 0.145. The minimum atomic E-state index is -0.305. The quantitative estimate of drug-likeness (QED) is 0.188. The molecule has 0 radical (unpaired) electrons. The molecule has 12 aromatic rings. The molecule has 1 unspecified atom stereocenters. The summed E-state index contributed by atoms with van der Waals surface area (Å²) >= 11 is 6.53. The van der Waals surface area contributed by atoms with Gasteiger partial charge in [0, 0.05) is 49.2 Å². The fourth-order valence-electron chi connectivity index (χ4n) is 10.3. The SMILES string of the molecule is CC1(Cc2ccc3oc4cc(-c5nc(Cl)nc(-c6ccc7ccccc7c6)n5)ccc4c3c2)c2cc(-c3cccc4c3[nH]c3ccccc34)ccc2-c2c1ccc1ccccc21. The highest BCUT2D eigenvalue weighted by atomic mass is 35.5. The van der Waals surface area contributed by atoms with Gasteiger partial charge in [0.05, 0.1) is 5.52 Å². The van der Waals surface area contributed by atoms with E-state index in [0.717, 1.165) is 55.8 Å². The molecule has 0 spiro atoms. The first-order valence-corrected chi connectivity index (χ1v) is 21.4. The van der Waals surface area contributed by atoms with Crippen molar-refractivity contribution in [3.63, 3.8) is 0 Å². The Bertz CT molecular complexity index is 3840. The second kappa shape index (κ2) is 13.2. The Morgan fingerprint density at radius 2 is 1.23 bits per heavy atom. The number of fused-ring (bicyclic) bond motifs is 12. The van der Waals surface area contributed by atoms with Gasteiger partial charge in [0.15, 0.2) is 11.6 Å². The van der Waals surface area contributed by atoms with Gasteiger partial charge in [-0.1, -0.05) is 140 Å². The Labute approximate surface area is 361 Å². The highest BCUT2D eigenvalue weighted by Crippen LogP contribution is 2.54. The number of furan rings is 1. The van der Waals surface area contributed by atoms with E-state index in [1.807, 2.05) is 30.3 Å². The van der Waals surface area contributed by atoms with Gasteiger partial charge >= 0.3 is 0 Å². The van der Waals surface area contributed by atoms with E-state index in [1.54, 1.807) is 0 Å². The van der Waals surface area contributed by atoms with Crippen LogP contribution in [0.15, 0.2) is 180 Å². The summed E-state index contributed by atoms with van der Waals surface area (Å²) in [6.07, 6.45) is 0.812. The lowest BCUT2D eigenvalue weighted by Crippen LogP contribution is -2.24. The standard InChI is InChI=1S/C56H35ClN4O/c1-56(46-25-22-34-10-4-5-12-39(34)51(46)44-24-20-36(29-47(44)56)40-14-8-15-43-41-13-6-7-16-48(41)58-52(40)43)31-32-17-26-49-45(27-32)42-23-21-38(30-50(42)62-49)54-59-53(60-55(57)61-54)37-19-18-33-9-2-3-11-35(33)28-37/h2-30,58H,31H2,1H3. The molecule has 1 N–H and O–H groups in total. The molecule has 1 atom stereocenters. The van der Waals surface area contributed by atoms with Crippen molar-refractivity contribution in [2.45, 2.75) is 18.8 Å². The van der Waals surface area contributed by atoms with Crippen LogP contribution >= 0.6 is 11.6 Å². The molecular weight excluding hydrogens is 780 g/mol. The number of hydrogen-bond donors (Lipinski definition) is 1. The molecule has 13 rings (SSSR count). The number of para-hydroxylation sites is 2. The zero-order chi connectivity index (χ0) is 41.1. The largest absolute Gasteiger partial charge is 0.456 e. The van der Waals surface area contributed by atoms with Gasteiger partial charge in [0.2, 0.25) is 5.28 Å². The predicted molar refractivity (Wildman–Crippen MR) is 255 cm³/mol. The number of aromatic amines is 1. The number of aromatic nitrogens is 4. The average molecular weight is 815 g/mol. The minimum Gasteiger partial charge on any atom is -0.456 e. The molecule has 292 valence electrons. The van der Waals surface area contributed by atoms with E-state index in [-0.39, 0.29) is 10.7 Å². The van der Waals surface area contributed by atoms with Gasteiger partial charge in [-0.3, -0.25) is 0 Å². The number of benzene rings is 9. The molecular formula is C56H35ClN4O. The van der Waals surface area contributed by atoms with Gasteiger partial charge in [0.25, 0.3) is 0 Å². The molecule has 0 saturated carbocycles. The first-order valence-electron chi connectivity index (χ1n) is 21.0.